The van der Waals surface area contributed by atoms with Gasteiger partial charge in [-0.25, -0.2) is 0 Å². The van der Waals surface area contributed by atoms with Crippen LogP contribution in [-0.4, -0.2) is 42.6 Å². The average molecular weight is 273 g/mol. The molecule has 5 heteroatoms. The molecule has 1 aromatic heterocycles. The lowest BCUT2D eigenvalue weighted by molar-refractivity contribution is 0.0295. The monoisotopic (exact) mass is 273 g/mol. The van der Waals surface area contributed by atoms with Crippen molar-refractivity contribution >= 4 is 11.3 Å². The highest BCUT2D eigenvalue weighted by molar-refractivity contribution is 7.09. The second-order valence-corrected chi connectivity index (χ2v) is 5.56. The Labute approximate surface area is 113 Å². The van der Waals surface area contributed by atoms with Gasteiger partial charge in [0.1, 0.15) is 0 Å². The van der Waals surface area contributed by atoms with Crippen molar-refractivity contribution in [1.82, 2.24) is 5.32 Å². The van der Waals surface area contributed by atoms with Crippen LogP contribution in [0.3, 0.4) is 0 Å². The molecule has 1 rings (SSSR count). The Kier molecular flexibility index (Phi) is 8.20. The molecule has 0 saturated carbocycles. The van der Waals surface area contributed by atoms with Gasteiger partial charge in [0.2, 0.25) is 0 Å². The SMILES string of the molecule is CC(CCO)CNCC(O)COCc1cccs1. The van der Waals surface area contributed by atoms with Crippen molar-refractivity contribution in [3.63, 3.8) is 0 Å². The van der Waals surface area contributed by atoms with Crippen molar-refractivity contribution in [2.24, 2.45) is 5.92 Å². The summed E-state index contributed by atoms with van der Waals surface area (Å²) in [7, 11) is 0. The summed E-state index contributed by atoms with van der Waals surface area (Å²) in [5.41, 5.74) is 0. The molecule has 0 amide bonds. The molecule has 0 saturated heterocycles. The van der Waals surface area contributed by atoms with E-state index in [1.54, 1.807) is 11.3 Å². The van der Waals surface area contributed by atoms with Crippen LogP contribution in [0.5, 0.6) is 0 Å². The van der Waals surface area contributed by atoms with Gasteiger partial charge in [0.05, 0.1) is 19.3 Å². The zero-order chi connectivity index (χ0) is 13.2. The number of ether oxygens (including phenoxy) is 1. The second-order valence-electron chi connectivity index (χ2n) is 4.52. The van der Waals surface area contributed by atoms with Crippen molar-refractivity contribution in [2.75, 3.05) is 26.3 Å². The highest BCUT2D eigenvalue weighted by Crippen LogP contribution is 2.09. The maximum absolute atomic E-state index is 9.69. The minimum atomic E-state index is -0.480. The van der Waals surface area contributed by atoms with Crippen molar-refractivity contribution in [1.29, 1.82) is 0 Å². The third kappa shape index (κ3) is 7.08. The molecule has 0 aromatic carbocycles. The van der Waals surface area contributed by atoms with Crippen molar-refractivity contribution in [3.8, 4) is 0 Å². The Bertz CT molecular complexity index is 292. The van der Waals surface area contributed by atoms with Crippen LogP contribution in [-0.2, 0) is 11.3 Å². The normalized spacial score (nSPS) is 14.6. The lowest BCUT2D eigenvalue weighted by Crippen LogP contribution is -2.33. The van der Waals surface area contributed by atoms with E-state index in [0.29, 0.717) is 25.7 Å². The van der Waals surface area contributed by atoms with Crippen molar-refractivity contribution in [2.45, 2.75) is 26.1 Å². The van der Waals surface area contributed by atoms with Gasteiger partial charge in [0, 0.05) is 18.0 Å². The van der Waals surface area contributed by atoms with Crippen LogP contribution in [0.2, 0.25) is 0 Å². The third-order valence-electron chi connectivity index (χ3n) is 2.63. The predicted molar refractivity (Wildman–Crippen MR) is 73.7 cm³/mol. The molecule has 4 nitrogen and oxygen atoms in total. The molecule has 18 heavy (non-hydrogen) atoms. The van der Waals surface area contributed by atoms with E-state index in [1.165, 1.54) is 4.88 Å². The predicted octanol–water partition coefficient (Wildman–Crippen LogP) is 1.23. The summed E-state index contributed by atoms with van der Waals surface area (Å²) >= 11 is 1.66. The minimum Gasteiger partial charge on any atom is -0.396 e. The molecule has 2 atom stereocenters. The van der Waals surface area contributed by atoms with Gasteiger partial charge in [-0.15, -0.1) is 11.3 Å². The summed E-state index contributed by atoms with van der Waals surface area (Å²) in [6.07, 6.45) is 0.309. The summed E-state index contributed by atoms with van der Waals surface area (Å²) in [5.74, 6) is 0.425. The Morgan fingerprint density at radius 1 is 1.44 bits per heavy atom. The van der Waals surface area contributed by atoms with Gasteiger partial charge >= 0.3 is 0 Å². The Morgan fingerprint density at radius 2 is 2.28 bits per heavy atom. The van der Waals surface area contributed by atoms with Gasteiger partial charge < -0.3 is 20.3 Å². The van der Waals surface area contributed by atoms with Gasteiger partial charge in [0.15, 0.2) is 0 Å². The number of hydrogen-bond donors (Lipinski definition) is 3. The van der Waals surface area contributed by atoms with Gasteiger partial charge in [-0.2, -0.15) is 0 Å². The quantitative estimate of drug-likeness (QED) is 0.600. The maximum atomic E-state index is 9.69. The molecule has 0 aliphatic carbocycles. The lowest BCUT2D eigenvalue weighted by Gasteiger charge is -2.14. The van der Waals surface area contributed by atoms with Crippen LogP contribution in [0, 0.1) is 5.92 Å². The van der Waals surface area contributed by atoms with Crippen LogP contribution < -0.4 is 5.32 Å². The first-order valence-corrected chi connectivity index (χ1v) is 7.20. The minimum absolute atomic E-state index is 0.218. The molecule has 104 valence electrons. The molecule has 0 aliphatic heterocycles. The average Bonchev–Trinajstić information content (AvgIpc) is 2.82. The second kappa shape index (κ2) is 9.47. The van der Waals surface area contributed by atoms with Crippen LogP contribution in [0.4, 0.5) is 0 Å². The number of aliphatic hydroxyl groups is 2. The molecule has 3 N–H and O–H groups in total. The molecule has 1 heterocycles. The van der Waals surface area contributed by atoms with Gasteiger partial charge in [-0.05, 0) is 30.3 Å². The fourth-order valence-corrected chi connectivity index (χ4v) is 2.21. The fraction of sp³-hybridized carbons (Fsp3) is 0.692. The summed E-state index contributed by atoms with van der Waals surface area (Å²) in [6.45, 7) is 4.54. The van der Waals surface area contributed by atoms with E-state index in [0.717, 1.165) is 13.0 Å². The zero-order valence-corrected chi connectivity index (χ0v) is 11.7. The van der Waals surface area contributed by atoms with Gasteiger partial charge in [0.25, 0.3) is 0 Å². The number of thiophene rings is 1. The van der Waals surface area contributed by atoms with Crippen LogP contribution in [0.15, 0.2) is 17.5 Å². The van der Waals surface area contributed by atoms with Gasteiger partial charge in [-0.1, -0.05) is 13.0 Å². The standard InChI is InChI=1S/C13H23NO3S/c1-11(4-5-15)7-14-8-12(16)9-17-10-13-3-2-6-18-13/h2-3,6,11-12,14-16H,4-5,7-10H2,1H3. The van der Waals surface area contributed by atoms with Crippen LogP contribution in [0.1, 0.15) is 18.2 Å². The number of nitrogens with one attached hydrogen (secondary N) is 1. The Morgan fingerprint density at radius 3 is 2.94 bits per heavy atom. The summed E-state index contributed by atoms with van der Waals surface area (Å²) in [6, 6.07) is 4.01. The maximum Gasteiger partial charge on any atom is 0.0897 e. The first-order valence-electron chi connectivity index (χ1n) is 6.32. The molecule has 0 spiro atoms. The van der Waals surface area contributed by atoms with E-state index in [1.807, 2.05) is 17.5 Å². The molecule has 0 aliphatic rings. The molecular formula is C13H23NO3S. The summed E-state index contributed by atoms with van der Waals surface area (Å²) in [4.78, 5) is 1.17. The van der Waals surface area contributed by atoms with E-state index in [9.17, 15) is 5.11 Å². The molecular weight excluding hydrogens is 250 g/mol. The topological polar surface area (TPSA) is 61.7 Å². The fourth-order valence-electron chi connectivity index (χ4n) is 1.57. The van der Waals surface area contributed by atoms with Crippen molar-refractivity contribution in [3.05, 3.63) is 22.4 Å². The molecule has 0 bridgehead atoms. The van der Waals surface area contributed by atoms with E-state index in [2.05, 4.69) is 12.2 Å². The molecule has 0 radical (unpaired) electrons. The molecule has 0 fully saturated rings. The van der Waals surface area contributed by atoms with Crippen molar-refractivity contribution < 1.29 is 14.9 Å². The van der Waals surface area contributed by atoms with E-state index in [4.69, 9.17) is 9.84 Å². The highest BCUT2D eigenvalue weighted by atomic mass is 32.1. The molecule has 1 aromatic rings. The van der Waals surface area contributed by atoms with Gasteiger partial charge in [-0.3, -0.25) is 0 Å². The Balaban J connectivity index is 1.98. The summed E-state index contributed by atoms with van der Waals surface area (Å²) < 4.78 is 5.43. The van der Waals surface area contributed by atoms with Crippen LogP contribution >= 0.6 is 11.3 Å². The largest absolute Gasteiger partial charge is 0.396 e. The zero-order valence-electron chi connectivity index (χ0n) is 10.8. The van der Waals surface area contributed by atoms with E-state index < -0.39 is 6.10 Å². The highest BCUT2D eigenvalue weighted by Gasteiger charge is 2.06. The number of hydrogen-bond acceptors (Lipinski definition) is 5. The first-order chi connectivity index (χ1) is 8.72. The molecule has 2 unspecified atom stereocenters. The lowest BCUT2D eigenvalue weighted by atomic mass is 10.1. The number of aliphatic hydroxyl groups excluding tert-OH is 2. The third-order valence-corrected chi connectivity index (χ3v) is 3.48. The number of rotatable bonds is 10. The Hall–Kier alpha value is -0.460. The van der Waals surface area contributed by atoms with E-state index >= 15 is 0 Å². The smallest absolute Gasteiger partial charge is 0.0897 e. The summed E-state index contributed by atoms with van der Waals surface area (Å²) in [5, 5.41) is 23.6. The van der Waals surface area contributed by atoms with E-state index in [-0.39, 0.29) is 6.61 Å². The van der Waals surface area contributed by atoms with Crippen LogP contribution in [0.25, 0.3) is 0 Å². The first kappa shape index (κ1) is 15.6.